The van der Waals surface area contributed by atoms with E-state index in [1.54, 1.807) is 0 Å². The summed E-state index contributed by atoms with van der Waals surface area (Å²) in [7, 11) is 0. The van der Waals surface area contributed by atoms with Crippen LogP contribution >= 0.6 is 0 Å². The van der Waals surface area contributed by atoms with Crippen LogP contribution < -0.4 is 0 Å². The Bertz CT molecular complexity index is 150. The molecule has 0 aromatic rings. The van der Waals surface area contributed by atoms with Gasteiger partial charge in [0.1, 0.15) is 0 Å². The summed E-state index contributed by atoms with van der Waals surface area (Å²) in [6.07, 6.45) is 13.5. The van der Waals surface area contributed by atoms with E-state index in [0.717, 1.165) is 12.8 Å². The number of hydrogen-bond acceptors (Lipinski definition) is 2. The Kier molecular flexibility index (Phi) is 7.06. The van der Waals surface area contributed by atoms with Crippen molar-refractivity contribution in [1.82, 2.24) is 0 Å². The lowest BCUT2D eigenvalue weighted by molar-refractivity contribution is 0.106. The van der Waals surface area contributed by atoms with Crippen molar-refractivity contribution >= 4 is 0 Å². The fourth-order valence-corrected chi connectivity index (χ4v) is 3.11. The summed E-state index contributed by atoms with van der Waals surface area (Å²) in [6, 6.07) is 0. The predicted octanol–water partition coefficient (Wildman–Crippen LogP) is 3.26. The van der Waals surface area contributed by atoms with Crippen molar-refractivity contribution in [2.75, 3.05) is 13.2 Å². The lowest BCUT2D eigenvalue weighted by Gasteiger charge is -2.34. The molecule has 0 aromatic carbocycles. The summed E-state index contributed by atoms with van der Waals surface area (Å²) in [5.41, 5.74) is 0.237. The van der Waals surface area contributed by atoms with Gasteiger partial charge in [0.2, 0.25) is 0 Å². The fourth-order valence-electron chi connectivity index (χ4n) is 3.11. The minimum Gasteiger partial charge on any atom is -0.396 e. The molecule has 0 atom stereocenters. The van der Waals surface area contributed by atoms with E-state index in [1.807, 2.05) is 0 Å². The van der Waals surface area contributed by atoms with Crippen LogP contribution in [0.15, 0.2) is 0 Å². The summed E-state index contributed by atoms with van der Waals surface area (Å²) < 4.78 is 0. The van der Waals surface area contributed by atoms with Crippen LogP contribution in [-0.2, 0) is 0 Å². The first-order valence-electron chi connectivity index (χ1n) is 7.05. The van der Waals surface area contributed by atoms with Crippen molar-refractivity contribution in [3.05, 3.63) is 0 Å². The summed E-state index contributed by atoms with van der Waals surface area (Å²) in [6.45, 7) is 0.556. The van der Waals surface area contributed by atoms with Gasteiger partial charge < -0.3 is 10.2 Å². The highest BCUT2D eigenvalue weighted by molar-refractivity contribution is 4.79. The predicted molar refractivity (Wildman–Crippen MR) is 67.4 cm³/mol. The molecule has 2 heteroatoms. The van der Waals surface area contributed by atoms with Crippen molar-refractivity contribution in [2.45, 2.75) is 70.6 Å². The van der Waals surface area contributed by atoms with E-state index in [9.17, 15) is 10.2 Å². The molecule has 1 fully saturated rings. The highest BCUT2D eigenvalue weighted by atomic mass is 16.3. The molecule has 0 spiro atoms. The average molecular weight is 228 g/mol. The lowest BCUT2D eigenvalue weighted by atomic mass is 9.72. The topological polar surface area (TPSA) is 40.5 Å². The normalized spacial score (nSPS) is 22.9. The van der Waals surface area contributed by atoms with Crippen molar-refractivity contribution in [1.29, 1.82) is 0 Å². The van der Waals surface area contributed by atoms with Gasteiger partial charge in [0.05, 0.1) is 0 Å². The van der Waals surface area contributed by atoms with Gasteiger partial charge in [-0.2, -0.15) is 0 Å². The van der Waals surface area contributed by atoms with E-state index in [4.69, 9.17) is 0 Å². The first-order valence-corrected chi connectivity index (χ1v) is 7.05. The van der Waals surface area contributed by atoms with Crippen molar-refractivity contribution in [3.8, 4) is 0 Å². The first-order chi connectivity index (χ1) is 7.83. The minimum atomic E-state index is 0.237. The number of hydrogen-bond donors (Lipinski definition) is 2. The second-order valence-electron chi connectivity index (χ2n) is 5.42. The minimum absolute atomic E-state index is 0.237. The molecule has 1 rings (SSSR count). The molecule has 96 valence electrons. The Morgan fingerprint density at radius 3 is 1.38 bits per heavy atom. The Labute approximate surface area is 100 Å². The van der Waals surface area contributed by atoms with Crippen LogP contribution in [0.1, 0.15) is 70.6 Å². The van der Waals surface area contributed by atoms with Gasteiger partial charge in [-0.05, 0) is 31.1 Å². The van der Waals surface area contributed by atoms with Gasteiger partial charge in [-0.1, -0.05) is 44.9 Å². The molecule has 0 unspecified atom stereocenters. The third-order valence-corrected chi connectivity index (χ3v) is 4.20. The maximum Gasteiger partial charge on any atom is 0.0436 e. The fraction of sp³-hybridized carbons (Fsp3) is 1.00. The molecule has 16 heavy (non-hydrogen) atoms. The van der Waals surface area contributed by atoms with E-state index >= 15 is 0 Å². The van der Waals surface area contributed by atoms with E-state index in [0.29, 0.717) is 0 Å². The average Bonchev–Trinajstić information content (AvgIpc) is 2.28. The molecule has 2 N–H and O–H groups in total. The highest BCUT2D eigenvalue weighted by Gasteiger charge is 2.28. The molecule has 1 saturated carbocycles. The molecule has 1 aliphatic rings. The molecule has 0 aliphatic heterocycles. The van der Waals surface area contributed by atoms with Gasteiger partial charge in [0.15, 0.2) is 0 Å². The number of aliphatic hydroxyl groups is 2. The van der Waals surface area contributed by atoms with Gasteiger partial charge in [0, 0.05) is 13.2 Å². The highest BCUT2D eigenvalue weighted by Crippen LogP contribution is 2.39. The van der Waals surface area contributed by atoms with Crippen LogP contribution in [-0.4, -0.2) is 23.4 Å². The van der Waals surface area contributed by atoms with Gasteiger partial charge in [0.25, 0.3) is 0 Å². The van der Waals surface area contributed by atoms with Gasteiger partial charge in [-0.25, -0.2) is 0 Å². The van der Waals surface area contributed by atoms with Crippen LogP contribution in [0.5, 0.6) is 0 Å². The van der Waals surface area contributed by atoms with Gasteiger partial charge in [-0.3, -0.25) is 0 Å². The summed E-state index contributed by atoms with van der Waals surface area (Å²) in [5.74, 6) is 0. The largest absolute Gasteiger partial charge is 0.396 e. The SMILES string of the molecule is OCCC1(CCO)CCCCCCCCC1. The maximum absolute atomic E-state index is 9.22. The van der Waals surface area contributed by atoms with Crippen LogP contribution in [0.25, 0.3) is 0 Å². The summed E-state index contributed by atoms with van der Waals surface area (Å²) in [4.78, 5) is 0. The Hall–Kier alpha value is -0.0800. The van der Waals surface area contributed by atoms with Gasteiger partial charge in [-0.15, -0.1) is 0 Å². The molecule has 0 heterocycles. The number of rotatable bonds is 4. The zero-order valence-electron chi connectivity index (χ0n) is 10.6. The summed E-state index contributed by atoms with van der Waals surface area (Å²) >= 11 is 0. The molecule has 1 aliphatic carbocycles. The number of aliphatic hydroxyl groups excluding tert-OH is 2. The second kappa shape index (κ2) is 8.08. The third-order valence-electron chi connectivity index (χ3n) is 4.20. The quantitative estimate of drug-likeness (QED) is 0.775. The molecular weight excluding hydrogens is 200 g/mol. The Morgan fingerprint density at radius 1 is 0.625 bits per heavy atom. The lowest BCUT2D eigenvalue weighted by Crippen LogP contribution is -2.24. The van der Waals surface area contributed by atoms with E-state index in [2.05, 4.69) is 0 Å². The van der Waals surface area contributed by atoms with E-state index in [1.165, 1.54) is 57.8 Å². The maximum atomic E-state index is 9.22. The van der Waals surface area contributed by atoms with Gasteiger partial charge >= 0.3 is 0 Å². The smallest absolute Gasteiger partial charge is 0.0436 e. The molecule has 0 radical (unpaired) electrons. The molecule has 2 nitrogen and oxygen atoms in total. The van der Waals surface area contributed by atoms with Crippen LogP contribution in [0.4, 0.5) is 0 Å². The van der Waals surface area contributed by atoms with Crippen molar-refractivity contribution < 1.29 is 10.2 Å². The van der Waals surface area contributed by atoms with Crippen molar-refractivity contribution in [2.24, 2.45) is 5.41 Å². The first kappa shape index (κ1) is 14.0. The van der Waals surface area contributed by atoms with E-state index < -0.39 is 0 Å². The van der Waals surface area contributed by atoms with Crippen LogP contribution in [0, 0.1) is 5.41 Å². The Morgan fingerprint density at radius 2 is 1.00 bits per heavy atom. The summed E-state index contributed by atoms with van der Waals surface area (Å²) in [5, 5.41) is 18.4. The monoisotopic (exact) mass is 228 g/mol. The van der Waals surface area contributed by atoms with Crippen LogP contribution in [0.3, 0.4) is 0 Å². The molecule has 0 aromatic heterocycles. The second-order valence-corrected chi connectivity index (χ2v) is 5.42. The molecule has 0 bridgehead atoms. The molecule has 0 saturated heterocycles. The van der Waals surface area contributed by atoms with Crippen LogP contribution in [0.2, 0.25) is 0 Å². The zero-order chi connectivity index (χ0) is 11.7. The zero-order valence-corrected chi connectivity index (χ0v) is 10.6. The molecular formula is C14H28O2. The third kappa shape index (κ3) is 4.84. The Balaban J connectivity index is 2.52. The molecule has 0 amide bonds. The standard InChI is InChI=1S/C14H28O2/c15-12-10-14(11-13-16)8-6-4-2-1-3-5-7-9-14/h15-16H,1-13H2. The van der Waals surface area contributed by atoms with E-state index in [-0.39, 0.29) is 18.6 Å². The van der Waals surface area contributed by atoms with Crippen molar-refractivity contribution in [3.63, 3.8) is 0 Å².